The van der Waals surface area contributed by atoms with Crippen molar-refractivity contribution < 1.29 is 28.6 Å². The van der Waals surface area contributed by atoms with E-state index >= 15 is 0 Å². The Morgan fingerprint density at radius 3 is 2.64 bits per heavy atom. The summed E-state index contributed by atoms with van der Waals surface area (Å²) in [4.78, 5) is 44.7. The lowest BCUT2D eigenvalue weighted by Gasteiger charge is -2.43. The van der Waals surface area contributed by atoms with Crippen LogP contribution >= 0.6 is 0 Å². The standard InChI is InChI=1S/C23H32N4O6/c1-26-9-3-2-4-12-31-13-5-6-17-14-18-20(24-15-17)25-21(29)33-23(18)7-10-27(11-8-23)22(30)32-16-19(26)28/h14-15H,2-13,16H2,1H3,(H,24,25,29). The first-order valence-electron chi connectivity index (χ1n) is 11.7. The highest BCUT2D eigenvalue weighted by Crippen LogP contribution is 2.43. The van der Waals surface area contributed by atoms with E-state index in [1.54, 1.807) is 23.0 Å². The van der Waals surface area contributed by atoms with E-state index in [-0.39, 0.29) is 12.5 Å². The maximum atomic E-state index is 12.5. The number of hydrogen-bond donors (Lipinski definition) is 1. The largest absolute Gasteiger partial charge is 0.439 e. The summed E-state index contributed by atoms with van der Waals surface area (Å²) in [6, 6.07) is 2.05. The summed E-state index contributed by atoms with van der Waals surface area (Å²) >= 11 is 0. The van der Waals surface area contributed by atoms with Gasteiger partial charge in [-0.2, -0.15) is 0 Å². The van der Waals surface area contributed by atoms with Crippen molar-refractivity contribution in [3.63, 3.8) is 0 Å². The smallest absolute Gasteiger partial charge is 0.413 e. The average Bonchev–Trinajstić information content (AvgIpc) is 2.81. The number of pyridine rings is 1. The lowest BCUT2D eigenvalue weighted by atomic mass is 9.83. The Morgan fingerprint density at radius 2 is 1.82 bits per heavy atom. The van der Waals surface area contributed by atoms with Crippen LogP contribution in [0.15, 0.2) is 12.3 Å². The number of hydrogen-bond acceptors (Lipinski definition) is 7. The molecule has 3 amide bonds. The van der Waals surface area contributed by atoms with E-state index in [9.17, 15) is 14.4 Å². The molecule has 4 aliphatic heterocycles. The van der Waals surface area contributed by atoms with E-state index in [0.717, 1.165) is 43.2 Å². The summed E-state index contributed by atoms with van der Waals surface area (Å²) in [6.45, 7) is 2.40. The fraction of sp³-hybridized carbons (Fsp3) is 0.652. The van der Waals surface area contributed by atoms with Gasteiger partial charge in [-0.05, 0) is 43.7 Å². The van der Waals surface area contributed by atoms with Crippen molar-refractivity contribution in [2.75, 3.05) is 51.8 Å². The summed E-state index contributed by atoms with van der Waals surface area (Å²) in [5.74, 6) is 0.285. The second-order valence-corrected chi connectivity index (χ2v) is 8.88. The van der Waals surface area contributed by atoms with Gasteiger partial charge >= 0.3 is 12.2 Å². The predicted molar refractivity (Wildman–Crippen MR) is 119 cm³/mol. The molecule has 1 saturated heterocycles. The second kappa shape index (κ2) is 10.4. The highest BCUT2D eigenvalue weighted by molar-refractivity contribution is 5.87. The molecule has 10 heteroatoms. The fourth-order valence-electron chi connectivity index (χ4n) is 4.53. The van der Waals surface area contributed by atoms with Gasteiger partial charge in [-0.15, -0.1) is 0 Å². The summed E-state index contributed by atoms with van der Waals surface area (Å²) < 4.78 is 16.8. The van der Waals surface area contributed by atoms with Crippen molar-refractivity contribution in [3.05, 3.63) is 23.4 Å². The first-order chi connectivity index (χ1) is 16.0. The van der Waals surface area contributed by atoms with Crippen molar-refractivity contribution in [2.45, 2.75) is 50.5 Å². The highest BCUT2D eigenvalue weighted by Gasteiger charge is 2.46. The molecule has 1 aromatic heterocycles. The number of amides is 3. The fourth-order valence-corrected chi connectivity index (χ4v) is 4.53. The Bertz CT molecular complexity index is 884. The molecule has 10 nitrogen and oxygen atoms in total. The van der Waals surface area contributed by atoms with Gasteiger partial charge in [0, 0.05) is 64.5 Å². The van der Waals surface area contributed by atoms with Gasteiger partial charge in [0.15, 0.2) is 6.61 Å². The van der Waals surface area contributed by atoms with Crippen molar-refractivity contribution in [1.82, 2.24) is 14.8 Å². The number of nitrogens with zero attached hydrogens (tertiary/aromatic N) is 3. The van der Waals surface area contributed by atoms with Crippen molar-refractivity contribution in [3.8, 4) is 0 Å². The number of fused-ring (bicyclic) bond motifs is 15. The average molecular weight is 461 g/mol. The number of likely N-dealkylation sites (N-methyl/N-ethyl adjacent to an activating group) is 1. The molecule has 1 N–H and O–H groups in total. The molecule has 0 unspecified atom stereocenters. The van der Waals surface area contributed by atoms with Gasteiger partial charge in [-0.25, -0.2) is 14.6 Å². The Morgan fingerprint density at radius 1 is 1.03 bits per heavy atom. The van der Waals surface area contributed by atoms with Crippen molar-refractivity contribution >= 4 is 23.9 Å². The number of ether oxygens (including phenoxy) is 3. The highest BCUT2D eigenvalue weighted by atomic mass is 16.6. The van der Waals surface area contributed by atoms with Crippen LogP contribution in [0, 0.1) is 0 Å². The number of anilines is 1. The summed E-state index contributed by atoms with van der Waals surface area (Å²) in [5.41, 5.74) is 1.07. The maximum absolute atomic E-state index is 12.5. The van der Waals surface area contributed by atoms with E-state index in [4.69, 9.17) is 14.2 Å². The van der Waals surface area contributed by atoms with Gasteiger partial charge in [-0.1, -0.05) is 0 Å². The number of carbonyl (C=O) groups excluding carboxylic acids is 3. The molecular formula is C23H32N4O6. The van der Waals surface area contributed by atoms with Crippen LogP contribution in [0.5, 0.6) is 0 Å². The third kappa shape index (κ3) is 5.55. The number of aromatic nitrogens is 1. The van der Waals surface area contributed by atoms with Crippen LogP contribution in [0.1, 0.15) is 49.7 Å². The monoisotopic (exact) mass is 460 g/mol. The lowest BCUT2D eigenvalue weighted by molar-refractivity contribution is -0.133. The van der Waals surface area contributed by atoms with Crippen LogP contribution in [0.25, 0.3) is 0 Å². The van der Waals surface area contributed by atoms with Gasteiger partial charge in [-0.3, -0.25) is 10.1 Å². The molecule has 33 heavy (non-hydrogen) atoms. The zero-order chi connectivity index (χ0) is 23.3. The first-order valence-corrected chi connectivity index (χ1v) is 11.7. The zero-order valence-corrected chi connectivity index (χ0v) is 19.1. The molecule has 5 heterocycles. The number of carbonyl (C=O) groups is 3. The SMILES string of the molecule is CN1CCCCCOCCCc2cnc3c(c2)C2(CCN(CC2)C(=O)OCC1=O)OC(=O)N3. The molecule has 1 fully saturated rings. The number of rotatable bonds is 0. The zero-order valence-electron chi connectivity index (χ0n) is 19.1. The minimum atomic E-state index is -0.831. The molecule has 1 aromatic rings. The van der Waals surface area contributed by atoms with E-state index in [1.807, 2.05) is 6.07 Å². The second-order valence-electron chi connectivity index (χ2n) is 8.88. The third-order valence-electron chi connectivity index (χ3n) is 6.55. The topological polar surface area (TPSA) is 110 Å². The van der Waals surface area contributed by atoms with E-state index in [2.05, 4.69) is 10.3 Å². The summed E-state index contributed by atoms with van der Waals surface area (Å²) in [7, 11) is 1.72. The summed E-state index contributed by atoms with van der Waals surface area (Å²) in [5, 5.41) is 2.69. The van der Waals surface area contributed by atoms with Crippen LogP contribution in [0.4, 0.5) is 15.4 Å². The Labute approximate surface area is 193 Å². The normalized spacial score (nSPS) is 22.6. The van der Waals surface area contributed by atoms with Gasteiger partial charge in [0.1, 0.15) is 11.4 Å². The van der Waals surface area contributed by atoms with E-state index in [1.165, 1.54) is 0 Å². The molecule has 0 aromatic carbocycles. The quantitative estimate of drug-likeness (QED) is 0.634. The molecule has 0 atom stereocenters. The number of aryl methyl sites for hydroxylation is 1. The van der Waals surface area contributed by atoms with Crippen LogP contribution in [0.3, 0.4) is 0 Å². The van der Waals surface area contributed by atoms with E-state index < -0.39 is 17.8 Å². The van der Waals surface area contributed by atoms with Crippen molar-refractivity contribution in [2.24, 2.45) is 0 Å². The van der Waals surface area contributed by atoms with Crippen LogP contribution < -0.4 is 5.32 Å². The molecule has 0 radical (unpaired) electrons. The lowest BCUT2D eigenvalue weighted by Crippen LogP contribution is -2.50. The van der Waals surface area contributed by atoms with Crippen LogP contribution in [0.2, 0.25) is 0 Å². The molecule has 180 valence electrons. The molecule has 5 rings (SSSR count). The van der Waals surface area contributed by atoms with Crippen LogP contribution in [-0.2, 0) is 31.0 Å². The molecule has 4 aliphatic rings. The van der Waals surface area contributed by atoms with Crippen LogP contribution in [-0.4, -0.2) is 79.4 Å². The molecule has 1 spiro atoms. The Balaban J connectivity index is 1.50. The number of piperidine rings is 1. The minimum Gasteiger partial charge on any atom is -0.439 e. The summed E-state index contributed by atoms with van der Waals surface area (Å²) in [6.07, 6.45) is 6.06. The van der Waals surface area contributed by atoms with Gasteiger partial charge in [0.05, 0.1) is 0 Å². The number of nitrogens with one attached hydrogen (secondary N) is 1. The van der Waals surface area contributed by atoms with Gasteiger partial charge in [0.25, 0.3) is 5.91 Å². The molecular weight excluding hydrogens is 428 g/mol. The van der Waals surface area contributed by atoms with Gasteiger partial charge < -0.3 is 24.0 Å². The molecule has 0 aliphatic carbocycles. The third-order valence-corrected chi connectivity index (χ3v) is 6.55. The molecule has 4 bridgehead atoms. The molecule has 0 saturated carbocycles. The van der Waals surface area contributed by atoms with Gasteiger partial charge in [0.2, 0.25) is 0 Å². The Hall–Kier alpha value is -2.88. The maximum Gasteiger partial charge on any atom is 0.413 e. The first kappa shape index (κ1) is 23.3. The predicted octanol–water partition coefficient (Wildman–Crippen LogP) is 2.66. The van der Waals surface area contributed by atoms with Crippen molar-refractivity contribution in [1.29, 1.82) is 0 Å². The Kier molecular flexibility index (Phi) is 7.32. The minimum absolute atomic E-state index is 0.223. The van der Waals surface area contributed by atoms with E-state index in [0.29, 0.717) is 51.5 Å².